The van der Waals surface area contributed by atoms with Crippen LogP contribution in [0.2, 0.25) is 0 Å². The van der Waals surface area contributed by atoms with Gasteiger partial charge in [-0.3, -0.25) is 0 Å². The quantitative estimate of drug-likeness (QED) is 0.722. The van der Waals surface area contributed by atoms with E-state index in [1.54, 1.807) is 0 Å². The third-order valence-corrected chi connectivity index (χ3v) is 3.81. The predicted molar refractivity (Wildman–Crippen MR) is 65.0 cm³/mol. The van der Waals surface area contributed by atoms with Crippen LogP contribution in [-0.4, -0.2) is 37.1 Å². The molecule has 0 amide bonds. The van der Waals surface area contributed by atoms with Crippen LogP contribution in [0.15, 0.2) is 0 Å². The Morgan fingerprint density at radius 3 is 2.67 bits per heavy atom. The van der Waals surface area contributed by atoms with Gasteiger partial charge in [0.2, 0.25) is 0 Å². The first-order valence-electron chi connectivity index (χ1n) is 6.75. The van der Waals surface area contributed by atoms with Crippen molar-refractivity contribution < 1.29 is 0 Å². The molecule has 1 aliphatic carbocycles. The Balaban J connectivity index is 1.73. The van der Waals surface area contributed by atoms with Crippen molar-refractivity contribution in [2.75, 3.05) is 26.2 Å². The largest absolute Gasteiger partial charge is 0.312 e. The summed E-state index contributed by atoms with van der Waals surface area (Å²) in [5.74, 6) is 1.92. The zero-order valence-electron chi connectivity index (χ0n) is 10.3. The number of hydrogen-bond acceptors (Lipinski definition) is 2. The van der Waals surface area contributed by atoms with E-state index >= 15 is 0 Å². The molecule has 1 heterocycles. The summed E-state index contributed by atoms with van der Waals surface area (Å²) in [5.41, 5.74) is 0. The highest BCUT2D eigenvalue weighted by Gasteiger charge is 2.32. The van der Waals surface area contributed by atoms with E-state index < -0.39 is 0 Å². The summed E-state index contributed by atoms with van der Waals surface area (Å²) in [5, 5.41) is 3.73. The van der Waals surface area contributed by atoms with Gasteiger partial charge in [-0.1, -0.05) is 13.8 Å². The normalized spacial score (nSPS) is 29.6. The number of rotatable bonds is 6. The number of hydrogen-bond donors (Lipinski definition) is 1. The highest BCUT2D eigenvalue weighted by atomic mass is 15.2. The molecule has 1 aliphatic heterocycles. The van der Waals surface area contributed by atoms with E-state index in [4.69, 9.17) is 0 Å². The fourth-order valence-electron chi connectivity index (χ4n) is 2.68. The van der Waals surface area contributed by atoms with Crippen LogP contribution in [0.25, 0.3) is 0 Å². The second-order valence-electron chi connectivity index (χ2n) is 5.55. The summed E-state index contributed by atoms with van der Waals surface area (Å²) in [7, 11) is 0. The Morgan fingerprint density at radius 1 is 1.33 bits per heavy atom. The van der Waals surface area contributed by atoms with E-state index in [0.29, 0.717) is 0 Å². The number of nitrogens with zero attached hydrogens (tertiary/aromatic N) is 1. The summed E-state index contributed by atoms with van der Waals surface area (Å²) in [6, 6.07) is 0.787. The zero-order valence-corrected chi connectivity index (χ0v) is 10.3. The second kappa shape index (κ2) is 5.31. The van der Waals surface area contributed by atoms with E-state index in [1.807, 2.05) is 0 Å². The predicted octanol–water partition coefficient (Wildman–Crippen LogP) is 2.11. The van der Waals surface area contributed by atoms with Crippen LogP contribution in [0.4, 0.5) is 0 Å². The Kier molecular flexibility index (Phi) is 4.04. The monoisotopic (exact) mass is 210 g/mol. The maximum absolute atomic E-state index is 3.73. The molecule has 2 unspecified atom stereocenters. The molecule has 0 spiro atoms. The Labute approximate surface area is 94.4 Å². The minimum absolute atomic E-state index is 0.787. The smallest absolute Gasteiger partial charge is 0.0223 e. The van der Waals surface area contributed by atoms with Crippen molar-refractivity contribution in [3.8, 4) is 0 Å². The lowest BCUT2D eigenvalue weighted by Crippen LogP contribution is -2.42. The van der Waals surface area contributed by atoms with Gasteiger partial charge in [-0.25, -0.2) is 0 Å². The van der Waals surface area contributed by atoms with Crippen molar-refractivity contribution in [1.82, 2.24) is 10.2 Å². The standard InChI is InChI=1S/C13H26N2/c1-3-7-14-13(12-4-5-12)10-15-8-6-11(2)9-15/h11-14H,3-10H2,1-2H3. The third kappa shape index (κ3) is 3.46. The highest BCUT2D eigenvalue weighted by molar-refractivity contribution is 4.89. The molecule has 2 fully saturated rings. The summed E-state index contributed by atoms with van der Waals surface area (Å²) >= 11 is 0. The molecule has 2 nitrogen and oxygen atoms in total. The molecule has 2 atom stereocenters. The van der Waals surface area contributed by atoms with Crippen molar-refractivity contribution in [2.24, 2.45) is 11.8 Å². The molecule has 0 aromatic carbocycles. The van der Waals surface area contributed by atoms with Crippen LogP contribution in [0.3, 0.4) is 0 Å². The molecule has 1 saturated carbocycles. The van der Waals surface area contributed by atoms with E-state index in [1.165, 1.54) is 51.9 Å². The van der Waals surface area contributed by atoms with Crippen molar-refractivity contribution in [3.05, 3.63) is 0 Å². The summed E-state index contributed by atoms with van der Waals surface area (Å²) < 4.78 is 0. The fraction of sp³-hybridized carbons (Fsp3) is 1.00. The first kappa shape index (κ1) is 11.4. The molecule has 15 heavy (non-hydrogen) atoms. The van der Waals surface area contributed by atoms with Crippen molar-refractivity contribution in [3.63, 3.8) is 0 Å². The van der Waals surface area contributed by atoms with Gasteiger partial charge in [0.1, 0.15) is 0 Å². The van der Waals surface area contributed by atoms with Crippen molar-refractivity contribution in [1.29, 1.82) is 0 Å². The van der Waals surface area contributed by atoms with Gasteiger partial charge in [0.15, 0.2) is 0 Å². The molecule has 2 heteroatoms. The van der Waals surface area contributed by atoms with Gasteiger partial charge in [0.05, 0.1) is 0 Å². The van der Waals surface area contributed by atoms with Gasteiger partial charge >= 0.3 is 0 Å². The lowest BCUT2D eigenvalue weighted by atomic mass is 10.1. The van der Waals surface area contributed by atoms with Gasteiger partial charge < -0.3 is 10.2 Å². The minimum Gasteiger partial charge on any atom is -0.312 e. The second-order valence-corrected chi connectivity index (χ2v) is 5.55. The molecule has 0 aromatic heterocycles. The van der Waals surface area contributed by atoms with E-state index in [2.05, 4.69) is 24.1 Å². The molecule has 0 aromatic rings. The van der Waals surface area contributed by atoms with Crippen LogP contribution >= 0.6 is 0 Å². The molecule has 0 bridgehead atoms. The van der Waals surface area contributed by atoms with Crippen LogP contribution in [-0.2, 0) is 0 Å². The Bertz CT molecular complexity index is 189. The van der Waals surface area contributed by atoms with Crippen LogP contribution in [0.5, 0.6) is 0 Å². The average Bonchev–Trinajstić information content (AvgIpc) is 2.98. The van der Waals surface area contributed by atoms with E-state index in [0.717, 1.165) is 17.9 Å². The topological polar surface area (TPSA) is 15.3 Å². The molecular formula is C13H26N2. The van der Waals surface area contributed by atoms with Gasteiger partial charge in [-0.15, -0.1) is 0 Å². The average molecular weight is 210 g/mol. The summed E-state index contributed by atoms with van der Waals surface area (Å²) in [4.78, 5) is 2.66. The zero-order chi connectivity index (χ0) is 10.7. The van der Waals surface area contributed by atoms with Crippen molar-refractivity contribution >= 4 is 0 Å². The Morgan fingerprint density at radius 2 is 2.13 bits per heavy atom. The Hall–Kier alpha value is -0.0800. The van der Waals surface area contributed by atoms with Gasteiger partial charge in [-0.05, 0) is 50.6 Å². The van der Waals surface area contributed by atoms with E-state index in [-0.39, 0.29) is 0 Å². The molecule has 1 saturated heterocycles. The number of nitrogens with one attached hydrogen (secondary N) is 1. The summed E-state index contributed by atoms with van der Waals surface area (Å²) in [6.45, 7) is 9.80. The van der Waals surface area contributed by atoms with Gasteiger partial charge in [0, 0.05) is 19.1 Å². The molecule has 88 valence electrons. The molecule has 2 aliphatic rings. The molecule has 0 radical (unpaired) electrons. The van der Waals surface area contributed by atoms with Crippen LogP contribution in [0, 0.1) is 11.8 Å². The van der Waals surface area contributed by atoms with Gasteiger partial charge in [-0.2, -0.15) is 0 Å². The van der Waals surface area contributed by atoms with E-state index in [9.17, 15) is 0 Å². The molecule has 2 rings (SSSR count). The maximum Gasteiger partial charge on any atom is 0.0223 e. The van der Waals surface area contributed by atoms with Crippen LogP contribution in [0.1, 0.15) is 39.5 Å². The van der Waals surface area contributed by atoms with Crippen LogP contribution < -0.4 is 5.32 Å². The highest BCUT2D eigenvalue weighted by Crippen LogP contribution is 2.33. The fourth-order valence-corrected chi connectivity index (χ4v) is 2.68. The third-order valence-electron chi connectivity index (χ3n) is 3.81. The first-order valence-corrected chi connectivity index (χ1v) is 6.75. The minimum atomic E-state index is 0.787. The van der Waals surface area contributed by atoms with Crippen molar-refractivity contribution in [2.45, 2.75) is 45.6 Å². The van der Waals surface area contributed by atoms with Gasteiger partial charge in [0.25, 0.3) is 0 Å². The lowest BCUT2D eigenvalue weighted by Gasteiger charge is -2.24. The number of likely N-dealkylation sites (tertiary alicyclic amines) is 1. The molecule has 1 N–H and O–H groups in total. The summed E-state index contributed by atoms with van der Waals surface area (Å²) in [6.07, 6.45) is 5.60. The lowest BCUT2D eigenvalue weighted by molar-refractivity contribution is 0.268. The SMILES string of the molecule is CCCNC(CN1CCC(C)C1)C1CC1. The maximum atomic E-state index is 3.73. The molecular weight excluding hydrogens is 184 g/mol. The first-order chi connectivity index (χ1) is 7.29.